The van der Waals surface area contributed by atoms with Crippen molar-refractivity contribution in [2.45, 2.75) is 12.1 Å². The lowest BCUT2D eigenvalue weighted by Gasteiger charge is -2.06. The van der Waals surface area contributed by atoms with Gasteiger partial charge in [0.2, 0.25) is 5.16 Å². The molecule has 0 bridgehead atoms. The van der Waals surface area contributed by atoms with Crippen LogP contribution in [0.4, 0.5) is 0 Å². The number of thioether (sulfide) groups is 1. The number of nitrogens with zero attached hydrogens (tertiary/aromatic N) is 3. The van der Waals surface area contributed by atoms with Gasteiger partial charge in [-0.3, -0.25) is 4.79 Å². The first-order valence-electron chi connectivity index (χ1n) is 9.76. The van der Waals surface area contributed by atoms with Gasteiger partial charge in [0.1, 0.15) is 17.1 Å². The van der Waals surface area contributed by atoms with E-state index in [-0.39, 0.29) is 11.5 Å². The van der Waals surface area contributed by atoms with Gasteiger partial charge in [-0.2, -0.15) is 0 Å². The van der Waals surface area contributed by atoms with Crippen LogP contribution in [0, 0.1) is 6.92 Å². The molecule has 0 fully saturated rings. The molecule has 0 aliphatic heterocycles. The van der Waals surface area contributed by atoms with Crippen LogP contribution in [0.1, 0.15) is 16.1 Å². The van der Waals surface area contributed by atoms with Gasteiger partial charge in [0.25, 0.3) is 0 Å². The molecule has 4 aromatic heterocycles. The molecular weight excluding hydrogens is 428 g/mol. The van der Waals surface area contributed by atoms with Crippen LogP contribution in [0.2, 0.25) is 0 Å². The quantitative estimate of drug-likeness (QED) is 0.270. The van der Waals surface area contributed by atoms with Gasteiger partial charge in [0.15, 0.2) is 5.78 Å². The summed E-state index contributed by atoms with van der Waals surface area (Å²) in [5.74, 6) is 0.840. The Bertz CT molecular complexity index is 1390. The third kappa shape index (κ3) is 3.67. The molecule has 0 saturated heterocycles. The highest BCUT2D eigenvalue weighted by molar-refractivity contribution is 7.99. The highest BCUT2D eigenvalue weighted by Gasteiger charge is 2.19. The summed E-state index contributed by atoms with van der Waals surface area (Å²) in [7, 11) is 1.60. The maximum Gasteiger partial charge on any atom is 0.210 e. The standard InChI is InChI=1S/C23H18N4O4S/c1-13-20(17-9-16(29-2)3-4-18(17)24-13)19(28)12-32-23-25-21(14-5-7-30-10-14)22(26-27-23)15-6-8-31-11-15/h3-11,24H,12H2,1-2H3. The highest BCUT2D eigenvalue weighted by atomic mass is 32.2. The molecule has 5 rings (SSSR count). The Morgan fingerprint density at radius 2 is 1.81 bits per heavy atom. The van der Waals surface area contributed by atoms with Gasteiger partial charge in [0.05, 0.1) is 37.9 Å². The Kier molecular flexibility index (Phi) is 5.24. The fraction of sp³-hybridized carbons (Fsp3) is 0.130. The van der Waals surface area contributed by atoms with E-state index in [0.717, 1.165) is 27.7 Å². The first-order chi connectivity index (χ1) is 15.6. The van der Waals surface area contributed by atoms with E-state index in [1.54, 1.807) is 44.3 Å². The maximum absolute atomic E-state index is 13.1. The minimum absolute atomic E-state index is 0.0284. The van der Waals surface area contributed by atoms with Crippen LogP contribution in [0.3, 0.4) is 0 Å². The summed E-state index contributed by atoms with van der Waals surface area (Å²) >= 11 is 1.24. The summed E-state index contributed by atoms with van der Waals surface area (Å²) in [6, 6.07) is 9.23. The smallest absolute Gasteiger partial charge is 0.210 e. The normalized spacial score (nSPS) is 11.2. The molecule has 9 heteroatoms. The predicted octanol–water partition coefficient (Wildman–Crippen LogP) is 5.16. The Labute approximate surface area is 187 Å². The minimum Gasteiger partial charge on any atom is -0.497 e. The lowest BCUT2D eigenvalue weighted by molar-refractivity contribution is 0.102. The maximum atomic E-state index is 13.1. The fourth-order valence-electron chi connectivity index (χ4n) is 3.56. The number of nitrogens with one attached hydrogen (secondary N) is 1. The molecule has 0 saturated carbocycles. The first kappa shape index (κ1) is 20.1. The molecule has 32 heavy (non-hydrogen) atoms. The molecule has 0 unspecified atom stereocenters. The van der Waals surface area contributed by atoms with Gasteiger partial charge in [-0.05, 0) is 37.3 Å². The molecule has 160 valence electrons. The number of carbonyl (C=O) groups excluding carboxylic acids is 1. The van der Waals surface area contributed by atoms with Crippen molar-refractivity contribution in [3.63, 3.8) is 0 Å². The number of furan rings is 2. The molecule has 8 nitrogen and oxygen atoms in total. The second kappa shape index (κ2) is 8.35. The zero-order chi connectivity index (χ0) is 22.1. The summed E-state index contributed by atoms with van der Waals surface area (Å²) in [5.41, 5.74) is 5.06. The van der Waals surface area contributed by atoms with Crippen LogP contribution in [-0.4, -0.2) is 38.8 Å². The first-order valence-corrected chi connectivity index (χ1v) is 10.7. The Morgan fingerprint density at radius 3 is 2.50 bits per heavy atom. The lowest BCUT2D eigenvalue weighted by atomic mass is 10.1. The van der Waals surface area contributed by atoms with Crippen molar-refractivity contribution in [1.82, 2.24) is 20.2 Å². The van der Waals surface area contributed by atoms with Crippen molar-refractivity contribution >= 4 is 28.4 Å². The van der Waals surface area contributed by atoms with Gasteiger partial charge in [-0.25, -0.2) is 4.98 Å². The summed E-state index contributed by atoms with van der Waals surface area (Å²) in [4.78, 5) is 21.0. The van der Waals surface area contributed by atoms with E-state index >= 15 is 0 Å². The van der Waals surface area contributed by atoms with Crippen LogP contribution >= 0.6 is 11.8 Å². The summed E-state index contributed by atoms with van der Waals surface area (Å²) in [6.07, 6.45) is 6.31. The van der Waals surface area contributed by atoms with Gasteiger partial charge >= 0.3 is 0 Å². The zero-order valence-corrected chi connectivity index (χ0v) is 18.1. The Hall–Kier alpha value is -3.85. The van der Waals surface area contributed by atoms with E-state index < -0.39 is 0 Å². The molecule has 0 amide bonds. The third-order valence-electron chi connectivity index (χ3n) is 5.06. The average Bonchev–Trinajstić information content (AvgIpc) is 3.57. The predicted molar refractivity (Wildman–Crippen MR) is 120 cm³/mol. The van der Waals surface area contributed by atoms with Crippen molar-refractivity contribution in [3.8, 4) is 28.3 Å². The van der Waals surface area contributed by atoms with Crippen LogP contribution in [0.15, 0.2) is 69.4 Å². The molecule has 0 aliphatic rings. The molecular formula is C23H18N4O4S. The molecule has 5 aromatic rings. The Morgan fingerprint density at radius 1 is 1.06 bits per heavy atom. The second-order valence-electron chi connectivity index (χ2n) is 7.06. The van der Waals surface area contributed by atoms with Crippen molar-refractivity contribution in [3.05, 3.63) is 66.6 Å². The van der Waals surface area contributed by atoms with Crippen molar-refractivity contribution in [2.24, 2.45) is 0 Å². The van der Waals surface area contributed by atoms with E-state index in [9.17, 15) is 4.79 Å². The number of fused-ring (bicyclic) bond motifs is 1. The van der Waals surface area contributed by atoms with Crippen molar-refractivity contribution < 1.29 is 18.4 Å². The van der Waals surface area contributed by atoms with E-state index in [2.05, 4.69) is 20.2 Å². The van der Waals surface area contributed by atoms with Gasteiger partial charge in [0, 0.05) is 33.3 Å². The largest absolute Gasteiger partial charge is 0.497 e. The number of hydrogen-bond acceptors (Lipinski definition) is 8. The number of H-pyrrole nitrogens is 1. The number of carbonyl (C=O) groups is 1. The highest BCUT2D eigenvalue weighted by Crippen LogP contribution is 2.31. The van der Waals surface area contributed by atoms with Crippen LogP contribution < -0.4 is 4.74 Å². The van der Waals surface area contributed by atoms with E-state index in [4.69, 9.17) is 13.6 Å². The van der Waals surface area contributed by atoms with E-state index in [0.29, 0.717) is 27.9 Å². The average molecular weight is 446 g/mol. The number of Topliss-reactive ketones (excluding diaryl/α,β-unsaturated/α-hetero) is 1. The van der Waals surface area contributed by atoms with E-state index in [1.807, 2.05) is 25.1 Å². The fourth-order valence-corrected chi connectivity index (χ4v) is 4.22. The van der Waals surface area contributed by atoms with Crippen LogP contribution in [0.25, 0.3) is 33.4 Å². The summed E-state index contributed by atoms with van der Waals surface area (Å²) < 4.78 is 15.7. The van der Waals surface area contributed by atoms with Gasteiger partial charge in [-0.15, -0.1) is 10.2 Å². The number of methoxy groups -OCH3 is 1. The molecule has 1 N–H and O–H groups in total. The number of ether oxygens (including phenoxy) is 1. The van der Waals surface area contributed by atoms with Crippen LogP contribution in [-0.2, 0) is 0 Å². The third-order valence-corrected chi connectivity index (χ3v) is 5.90. The molecule has 1 aromatic carbocycles. The number of aromatic nitrogens is 4. The molecule has 4 heterocycles. The summed E-state index contributed by atoms with van der Waals surface area (Å²) in [6.45, 7) is 1.89. The topological polar surface area (TPSA) is 107 Å². The summed E-state index contributed by atoms with van der Waals surface area (Å²) in [5, 5.41) is 9.79. The monoisotopic (exact) mass is 446 g/mol. The zero-order valence-electron chi connectivity index (χ0n) is 17.3. The number of aryl methyl sites for hydroxylation is 1. The number of benzene rings is 1. The number of rotatable bonds is 7. The molecule has 0 atom stereocenters. The van der Waals surface area contributed by atoms with Gasteiger partial charge < -0.3 is 18.6 Å². The minimum atomic E-state index is -0.0284. The SMILES string of the molecule is COc1ccc2[nH]c(C)c(C(=O)CSc3nnc(-c4ccoc4)c(-c4ccoc4)n3)c2c1. The van der Waals surface area contributed by atoms with Crippen molar-refractivity contribution in [1.29, 1.82) is 0 Å². The number of aromatic amines is 1. The molecule has 0 spiro atoms. The Balaban J connectivity index is 1.43. The van der Waals surface area contributed by atoms with Crippen molar-refractivity contribution in [2.75, 3.05) is 12.9 Å². The lowest BCUT2D eigenvalue weighted by Crippen LogP contribution is -2.05. The molecule has 0 aliphatic carbocycles. The molecule has 0 radical (unpaired) electrons. The number of hydrogen-bond donors (Lipinski definition) is 1. The number of ketones is 1. The van der Waals surface area contributed by atoms with Crippen LogP contribution in [0.5, 0.6) is 5.75 Å². The second-order valence-corrected chi connectivity index (χ2v) is 8.01. The van der Waals surface area contributed by atoms with E-state index in [1.165, 1.54) is 11.8 Å². The van der Waals surface area contributed by atoms with Gasteiger partial charge in [-0.1, -0.05) is 11.8 Å².